The molecule has 142 valence electrons. The normalized spacial score (nSPS) is 20.5. The lowest BCUT2D eigenvalue weighted by Gasteiger charge is -2.20. The van der Waals surface area contributed by atoms with Crippen LogP contribution in [-0.4, -0.2) is 48.3 Å². The van der Waals surface area contributed by atoms with Crippen LogP contribution in [0.15, 0.2) is 42.6 Å². The first kappa shape index (κ1) is 17.6. The van der Waals surface area contributed by atoms with E-state index in [-0.39, 0.29) is 24.8 Å². The van der Waals surface area contributed by atoms with Crippen LogP contribution in [0.5, 0.6) is 17.2 Å². The summed E-state index contributed by atoms with van der Waals surface area (Å²) in [6.45, 7) is 1.17. The quantitative estimate of drug-likeness (QED) is 0.787. The third kappa shape index (κ3) is 4.12. The monoisotopic (exact) mass is 370 g/mol. The summed E-state index contributed by atoms with van der Waals surface area (Å²) in [7, 11) is 1.79. The summed E-state index contributed by atoms with van der Waals surface area (Å²) in [4.78, 5) is 18.6. The summed E-state index contributed by atoms with van der Waals surface area (Å²) in [6.07, 6.45) is 2.38. The molecule has 2 aliphatic rings. The molecule has 1 amide bonds. The maximum atomic E-state index is 12.6. The number of nitrogens with zero attached hydrogens (tertiary/aromatic N) is 2. The fraction of sp³-hybridized carbons (Fsp3) is 0.368. The summed E-state index contributed by atoms with van der Waals surface area (Å²) in [5, 5.41) is 0. The van der Waals surface area contributed by atoms with Gasteiger partial charge in [0.05, 0.1) is 18.3 Å². The molecular formula is C19H22N4O4. The number of hydrogen-bond donors (Lipinski definition) is 2. The number of hydrogen-bond acceptors (Lipinski definition) is 7. The Morgan fingerprint density at radius 1 is 1.26 bits per heavy atom. The number of amides is 1. The molecule has 2 aromatic rings. The van der Waals surface area contributed by atoms with Gasteiger partial charge in [-0.1, -0.05) is 6.07 Å². The Kier molecular flexibility index (Phi) is 5.08. The molecule has 2 atom stereocenters. The highest BCUT2D eigenvalue weighted by Gasteiger charge is 2.31. The summed E-state index contributed by atoms with van der Waals surface area (Å²) >= 11 is 0. The van der Waals surface area contributed by atoms with Gasteiger partial charge in [-0.2, -0.15) is 0 Å². The number of likely N-dealkylation sites (N-methyl/N-ethyl adjacent to an activating group) is 1. The second-order valence-electron chi connectivity index (χ2n) is 6.62. The van der Waals surface area contributed by atoms with Crippen molar-refractivity contribution in [3.63, 3.8) is 0 Å². The number of aromatic nitrogens is 1. The molecule has 2 unspecified atom stereocenters. The second-order valence-corrected chi connectivity index (χ2v) is 6.62. The Bertz CT molecular complexity index is 802. The molecule has 1 fully saturated rings. The van der Waals surface area contributed by atoms with Gasteiger partial charge >= 0.3 is 0 Å². The van der Waals surface area contributed by atoms with Crippen molar-refractivity contribution in [3.05, 3.63) is 48.3 Å². The van der Waals surface area contributed by atoms with Crippen molar-refractivity contribution >= 4 is 5.91 Å². The lowest BCUT2D eigenvalue weighted by atomic mass is 10.1. The summed E-state index contributed by atoms with van der Waals surface area (Å²) < 4.78 is 16.5. The number of pyridine rings is 1. The standard InChI is InChI=1S/C19H22N4O4/c1-23(10-13-4-2-3-7-20-13)19(24)16-8-14(21-22-16)11-25-15-5-6-17-18(9-15)27-12-26-17/h2-7,9,14,16,21-22H,8,10-12H2,1H3. The van der Waals surface area contributed by atoms with E-state index >= 15 is 0 Å². The van der Waals surface area contributed by atoms with Crippen LogP contribution in [0, 0.1) is 0 Å². The highest BCUT2D eigenvalue weighted by Crippen LogP contribution is 2.35. The molecule has 1 aromatic heterocycles. The van der Waals surface area contributed by atoms with Crippen molar-refractivity contribution in [2.24, 2.45) is 0 Å². The molecule has 4 rings (SSSR count). The smallest absolute Gasteiger partial charge is 0.241 e. The summed E-state index contributed by atoms with van der Waals surface area (Å²) in [5.41, 5.74) is 7.06. The lowest BCUT2D eigenvalue weighted by Crippen LogP contribution is -2.44. The van der Waals surface area contributed by atoms with Gasteiger partial charge in [0.1, 0.15) is 18.4 Å². The van der Waals surface area contributed by atoms with Gasteiger partial charge in [0.25, 0.3) is 0 Å². The SMILES string of the molecule is CN(Cc1ccccn1)C(=O)C1CC(COc2ccc3c(c2)OCO3)NN1. The highest BCUT2D eigenvalue weighted by atomic mass is 16.7. The molecule has 8 heteroatoms. The number of nitrogens with one attached hydrogen (secondary N) is 2. The Balaban J connectivity index is 1.26. The first-order valence-corrected chi connectivity index (χ1v) is 8.87. The molecule has 2 N–H and O–H groups in total. The third-order valence-corrected chi connectivity index (χ3v) is 4.58. The van der Waals surface area contributed by atoms with Crippen molar-refractivity contribution in [1.82, 2.24) is 20.7 Å². The Hall–Kier alpha value is -2.84. The summed E-state index contributed by atoms with van der Waals surface area (Å²) in [6, 6.07) is 10.9. The molecular weight excluding hydrogens is 348 g/mol. The largest absolute Gasteiger partial charge is 0.492 e. The molecule has 0 saturated carbocycles. The molecule has 1 saturated heterocycles. The molecule has 2 aliphatic heterocycles. The van der Waals surface area contributed by atoms with E-state index < -0.39 is 0 Å². The second kappa shape index (κ2) is 7.81. The number of fused-ring (bicyclic) bond motifs is 1. The van der Waals surface area contributed by atoms with Gasteiger partial charge in [0.15, 0.2) is 11.5 Å². The average Bonchev–Trinajstić information content (AvgIpc) is 3.35. The van der Waals surface area contributed by atoms with Crippen LogP contribution in [0.2, 0.25) is 0 Å². The van der Waals surface area contributed by atoms with Gasteiger partial charge in [-0.3, -0.25) is 15.2 Å². The van der Waals surface area contributed by atoms with Crippen LogP contribution in [0.1, 0.15) is 12.1 Å². The van der Waals surface area contributed by atoms with E-state index in [1.807, 2.05) is 36.4 Å². The Morgan fingerprint density at radius 3 is 3.00 bits per heavy atom. The molecule has 0 bridgehead atoms. The molecule has 8 nitrogen and oxygen atoms in total. The van der Waals surface area contributed by atoms with Crippen LogP contribution in [0.25, 0.3) is 0 Å². The van der Waals surface area contributed by atoms with Gasteiger partial charge in [-0.15, -0.1) is 0 Å². The van der Waals surface area contributed by atoms with E-state index in [1.165, 1.54) is 0 Å². The molecule has 3 heterocycles. The number of rotatable bonds is 6. The maximum Gasteiger partial charge on any atom is 0.241 e. The minimum atomic E-state index is -0.288. The van der Waals surface area contributed by atoms with Crippen LogP contribution < -0.4 is 25.1 Å². The van der Waals surface area contributed by atoms with Crippen LogP contribution in [0.3, 0.4) is 0 Å². The number of ether oxygens (including phenoxy) is 3. The Morgan fingerprint density at radius 2 is 2.15 bits per heavy atom. The fourth-order valence-corrected chi connectivity index (χ4v) is 3.14. The topological polar surface area (TPSA) is 85.0 Å². The number of benzene rings is 1. The number of carbonyl (C=O) groups excluding carboxylic acids is 1. The van der Waals surface area contributed by atoms with Crippen molar-refractivity contribution in [2.75, 3.05) is 20.4 Å². The van der Waals surface area contributed by atoms with Gasteiger partial charge in [0.2, 0.25) is 12.7 Å². The molecule has 27 heavy (non-hydrogen) atoms. The first-order valence-electron chi connectivity index (χ1n) is 8.87. The van der Waals surface area contributed by atoms with Gasteiger partial charge in [-0.25, -0.2) is 5.43 Å². The number of hydrazine groups is 1. The molecule has 1 aromatic carbocycles. The number of carbonyl (C=O) groups is 1. The van der Waals surface area contributed by atoms with E-state index in [0.717, 1.165) is 11.4 Å². The zero-order chi connectivity index (χ0) is 18.6. The predicted octanol–water partition coefficient (Wildman–Crippen LogP) is 1.08. The van der Waals surface area contributed by atoms with E-state index in [0.29, 0.717) is 31.1 Å². The van der Waals surface area contributed by atoms with Crippen LogP contribution in [0.4, 0.5) is 0 Å². The zero-order valence-electron chi connectivity index (χ0n) is 15.1. The predicted molar refractivity (Wildman–Crippen MR) is 97.2 cm³/mol. The van der Waals surface area contributed by atoms with Gasteiger partial charge < -0.3 is 19.1 Å². The minimum absolute atomic E-state index is 0.0266. The van der Waals surface area contributed by atoms with Crippen LogP contribution >= 0.6 is 0 Å². The highest BCUT2D eigenvalue weighted by molar-refractivity contribution is 5.81. The summed E-state index contributed by atoms with van der Waals surface area (Å²) in [5.74, 6) is 2.15. The van der Waals surface area contributed by atoms with Gasteiger partial charge in [0, 0.05) is 19.3 Å². The van der Waals surface area contributed by atoms with E-state index in [2.05, 4.69) is 15.8 Å². The maximum absolute atomic E-state index is 12.6. The lowest BCUT2D eigenvalue weighted by molar-refractivity contribution is -0.132. The van der Waals surface area contributed by atoms with Gasteiger partial charge in [-0.05, 0) is 30.7 Å². The first-order chi connectivity index (χ1) is 13.2. The van der Waals surface area contributed by atoms with Crippen molar-refractivity contribution in [3.8, 4) is 17.2 Å². The molecule has 0 radical (unpaired) electrons. The van der Waals surface area contributed by atoms with Crippen molar-refractivity contribution in [1.29, 1.82) is 0 Å². The molecule has 0 spiro atoms. The van der Waals surface area contributed by atoms with E-state index in [4.69, 9.17) is 14.2 Å². The minimum Gasteiger partial charge on any atom is -0.492 e. The zero-order valence-corrected chi connectivity index (χ0v) is 15.1. The van der Waals surface area contributed by atoms with Crippen molar-refractivity contribution in [2.45, 2.75) is 25.0 Å². The van der Waals surface area contributed by atoms with E-state index in [9.17, 15) is 4.79 Å². The van der Waals surface area contributed by atoms with E-state index in [1.54, 1.807) is 18.1 Å². The average molecular weight is 370 g/mol. The molecule has 0 aliphatic carbocycles. The fourth-order valence-electron chi connectivity index (χ4n) is 3.14. The van der Waals surface area contributed by atoms with Crippen LogP contribution in [-0.2, 0) is 11.3 Å². The van der Waals surface area contributed by atoms with Crippen molar-refractivity contribution < 1.29 is 19.0 Å². The third-order valence-electron chi connectivity index (χ3n) is 4.58. The Labute approximate surface area is 157 Å².